The van der Waals surface area contributed by atoms with Gasteiger partial charge in [-0.1, -0.05) is 18.2 Å². The van der Waals surface area contributed by atoms with Gasteiger partial charge in [-0.3, -0.25) is 5.84 Å². The Morgan fingerprint density at radius 3 is 2.84 bits per heavy atom. The molecule has 0 spiro atoms. The Bertz CT molecular complexity index is 515. The van der Waals surface area contributed by atoms with E-state index in [2.05, 4.69) is 5.43 Å². The predicted octanol–water partition coefficient (Wildman–Crippen LogP) is 2.75. The second-order valence-electron chi connectivity index (χ2n) is 5.09. The van der Waals surface area contributed by atoms with E-state index in [-0.39, 0.29) is 12.1 Å². The standard InChI is InChI=1S/C15H20N2O2/c1-2-18-15(10-7-8-10)14(17-16)13-9-11-5-3-4-6-12(11)19-13/h3-6,9-10,14-15,17H,2,7-8,16H2,1H3. The maximum absolute atomic E-state index is 5.90. The summed E-state index contributed by atoms with van der Waals surface area (Å²) in [5, 5.41) is 1.10. The smallest absolute Gasteiger partial charge is 0.134 e. The minimum atomic E-state index is -0.0835. The first-order chi connectivity index (χ1) is 9.33. The second kappa shape index (κ2) is 5.33. The van der Waals surface area contributed by atoms with Gasteiger partial charge in [-0.05, 0) is 37.8 Å². The number of furan rings is 1. The van der Waals surface area contributed by atoms with E-state index in [1.165, 1.54) is 12.8 Å². The van der Waals surface area contributed by atoms with Gasteiger partial charge < -0.3 is 9.15 Å². The number of hydrogen-bond donors (Lipinski definition) is 2. The summed E-state index contributed by atoms with van der Waals surface area (Å²) in [6.07, 6.45) is 2.52. The summed E-state index contributed by atoms with van der Waals surface area (Å²) in [5.41, 5.74) is 3.76. The molecule has 1 aliphatic rings. The average Bonchev–Trinajstić information content (AvgIpc) is 3.18. The number of para-hydroxylation sites is 1. The van der Waals surface area contributed by atoms with Crippen LogP contribution in [0.2, 0.25) is 0 Å². The largest absolute Gasteiger partial charge is 0.459 e. The fourth-order valence-electron chi connectivity index (χ4n) is 2.62. The minimum Gasteiger partial charge on any atom is -0.459 e. The molecule has 1 aliphatic carbocycles. The Morgan fingerprint density at radius 2 is 2.21 bits per heavy atom. The molecule has 4 heteroatoms. The summed E-state index contributed by atoms with van der Waals surface area (Å²) in [6.45, 7) is 2.71. The van der Waals surface area contributed by atoms with Gasteiger partial charge in [0.15, 0.2) is 0 Å². The Kier molecular flexibility index (Phi) is 3.55. The van der Waals surface area contributed by atoms with Crippen molar-refractivity contribution in [2.75, 3.05) is 6.61 Å². The van der Waals surface area contributed by atoms with Crippen LogP contribution in [-0.2, 0) is 4.74 Å². The molecule has 1 fully saturated rings. The van der Waals surface area contributed by atoms with Crippen molar-refractivity contribution in [3.05, 3.63) is 36.1 Å². The number of benzene rings is 1. The van der Waals surface area contributed by atoms with Gasteiger partial charge in [0, 0.05) is 12.0 Å². The van der Waals surface area contributed by atoms with Gasteiger partial charge in [-0.25, -0.2) is 5.43 Å². The van der Waals surface area contributed by atoms with E-state index in [4.69, 9.17) is 15.0 Å². The third-order valence-corrected chi connectivity index (χ3v) is 3.70. The zero-order chi connectivity index (χ0) is 13.2. The Labute approximate surface area is 112 Å². The predicted molar refractivity (Wildman–Crippen MR) is 74.4 cm³/mol. The fourth-order valence-corrected chi connectivity index (χ4v) is 2.62. The molecule has 0 bridgehead atoms. The van der Waals surface area contributed by atoms with Gasteiger partial charge in [0.05, 0.1) is 6.10 Å². The molecule has 0 amide bonds. The molecular formula is C15H20N2O2. The number of hydrogen-bond acceptors (Lipinski definition) is 4. The Hall–Kier alpha value is -1.36. The molecule has 19 heavy (non-hydrogen) atoms. The van der Waals surface area contributed by atoms with Crippen LogP contribution in [0.15, 0.2) is 34.7 Å². The van der Waals surface area contributed by atoms with Gasteiger partial charge in [-0.15, -0.1) is 0 Å². The number of ether oxygens (including phenoxy) is 1. The molecular weight excluding hydrogens is 240 g/mol. The van der Waals surface area contributed by atoms with Crippen molar-refractivity contribution in [3.63, 3.8) is 0 Å². The number of nitrogens with one attached hydrogen (secondary N) is 1. The van der Waals surface area contributed by atoms with Gasteiger partial charge in [-0.2, -0.15) is 0 Å². The van der Waals surface area contributed by atoms with E-state index >= 15 is 0 Å². The lowest BCUT2D eigenvalue weighted by atomic mass is 10.0. The van der Waals surface area contributed by atoms with Crippen LogP contribution < -0.4 is 11.3 Å². The number of rotatable bonds is 6. The van der Waals surface area contributed by atoms with E-state index in [9.17, 15) is 0 Å². The van der Waals surface area contributed by atoms with Crippen molar-refractivity contribution in [2.24, 2.45) is 11.8 Å². The summed E-state index contributed by atoms with van der Waals surface area (Å²) >= 11 is 0. The van der Waals surface area contributed by atoms with Crippen LogP contribution in [0.5, 0.6) is 0 Å². The summed E-state index contributed by atoms with van der Waals surface area (Å²) in [6, 6.07) is 9.96. The van der Waals surface area contributed by atoms with Crippen LogP contribution in [-0.4, -0.2) is 12.7 Å². The molecule has 0 aliphatic heterocycles. The SMILES string of the molecule is CCOC(C1CC1)C(NN)c1cc2ccccc2o1. The lowest BCUT2D eigenvalue weighted by Gasteiger charge is -2.24. The lowest BCUT2D eigenvalue weighted by Crippen LogP contribution is -2.39. The molecule has 1 heterocycles. The first-order valence-corrected chi connectivity index (χ1v) is 6.89. The summed E-state index contributed by atoms with van der Waals surface area (Å²) in [5.74, 6) is 7.18. The van der Waals surface area contributed by atoms with Crippen molar-refractivity contribution < 1.29 is 9.15 Å². The maximum Gasteiger partial charge on any atom is 0.134 e. The first-order valence-electron chi connectivity index (χ1n) is 6.89. The summed E-state index contributed by atoms with van der Waals surface area (Å²) in [4.78, 5) is 0. The van der Waals surface area contributed by atoms with Crippen LogP contribution in [0.1, 0.15) is 31.6 Å². The highest BCUT2D eigenvalue weighted by Gasteiger charge is 2.39. The van der Waals surface area contributed by atoms with E-state index in [0.717, 1.165) is 16.7 Å². The number of hydrazine groups is 1. The monoisotopic (exact) mass is 260 g/mol. The molecule has 3 N–H and O–H groups in total. The molecule has 0 saturated heterocycles. The van der Waals surface area contributed by atoms with Crippen LogP contribution in [0.25, 0.3) is 11.0 Å². The summed E-state index contributed by atoms with van der Waals surface area (Å²) in [7, 11) is 0. The molecule has 1 aromatic carbocycles. The third kappa shape index (κ3) is 2.52. The zero-order valence-corrected chi connectivity index (χ0v) is 11.1. The Balaban J connectivity index is 1.91. The molecule has 2 atom stereocenters. The highest BCUT2D eigenvalue weighted by atomic mass is 16.5. The van der Waals surface area contributed by atoms with Gasteiger partial charge >= 0.3 is 0 Å². The van der Waals surface area contributed by atoms with Crippen molar-refractivity contribution in [1.29, 1.82) is 0 Å². The first kappa shape index (κ1) is 12.7. The second-order valence-corrected chi connectivity index (χ2v) is 5.09. The zero-order valence-electron chi connectivity index (χ0n) is 11.1. The quantitative estimate of drug-likeness (QED) is 0.619. The fraction of sp³-hybridized carbons (Fsp3) is 0.467. The van der Waals surface area contributed by atoms with Crippen LogP contribution >= 0.6 is 0 Å². The van der Waals surface area contributed by atoms with Gasteiger partial charge in [0.1, 0.15) is 17.4 Å². The lowest BCUT2D eigenvalue weighted by molar-refractivity contribution is 0.0135. The topological polar surface area (TPSA) is 60.4 Å². The van der Waals surface area contributed by atoms with Crippen molar-refractivity contribution in [3.8, 4) is 0 Å². The molecule has 2 aromatic rings. The number of nitrogens with two attached hydrogens (primary N) is 1. The van der Waals surface area contributed by atoms with E-state index < -0.39 is 0 Å². The van der Waals surface area contributed by atoms with Crippen LogP contribution in [0.3, 0.4) is 0 Å². The van der Waals surface area contributed by atoms with Crippen molar-refractivity contribution >= 4 is 11.0 Å². The minimum absolute atomic E-state index is 0.0835. The average molecular weight is 260 g/mol. The molecule has 3 rings (SSSR count). The van der Waals surface area contributed by atoms with Gasteiger partial charge in [0.2, 0.25) is 0 Å². The summed E-state index contributed by atoms with van der Waals surface area (Å²) < 4.78 is 11.8. The molecule has 102 valence electrons. The highest BCUT2D eigenvalue weighted by Crippen LogP contribution is 2.40. The van der Waals surface area contributed by atoms with Crippen LogP contribution in [0.4, 0.5) is 0 Å². The van der Waals surface area contributed by atoms with Gasteiger partial charge in [0.25, 0.3) is 0 Å². The molecule has 0 radical (unpaired) electrons. The van der Waals surface area contributed by atoms with E-state index in [0.29, 0.717) is 12.5 Å². The molecule has 2 unspecified atom stereocenters. The Morgan fingerprint density at radius 1 is 1.42 bits per heavy atom. The molecule has 1 saturated carbocycles. The van der Waals surface area contributed by atoms with Crippen LogP contribution in [0, 0.1) is 5.92 Å². The maximum atomic E-state index is 5.90. The molecule has 4 nitrogen and oxygen atoms in total. The van der Waals surface area contributed by atoms with Crippen molar-refractivity contribution in [2.45, 2.75) is 31.9 Å². The normalized spacial score (nSPS) is 18.6. The molecule has 1 aromatic heterocycles. The third-order valence-electron chi connectivity index (χ3n) is 3.70. The van der Waals surface area contributed by atoms with E-state index in [1.807, 2.05) is 37.3 Å². The highest BCUT2D eigenvalue weighted by molar-refractivity contribution is 5.77. The van der Waals surface area contributed by atoms with E-state index in [1.54, 1.807) is 0 Å². The number of fused-ring (bicyclic) bond motifs is 1. The van der Waals surface area contributed by atoms with Crippen molar-refractivity contribution in [1.82, 2.24) is 5.43 Å².